The molecule has 0 aromatic carbocycles. The summed E-state index contributed by atoms with van der Waals surface area (Å²) in [6.45, 7) is 2.24. The molecule has 0 aliphatic carbocycles. The first kappa shape index (κ1) is 41.5. The summed E-state index contributed by atoms with van der Waals surface area (Å²) in [5.74, 6) is -7.63. The number of amides is 4. The van der Waals surface area contributed by atoms with E-state index >= 15 is 0 Å². The number of guanidine groups is 1. The van der Waals surface area contributed by atoms with Crippen LogP contribution in [0.5, 0.6) is 0 Å². The topological polar surface area (TPSA) is 345 Å². The highest BCUT2D eigenvalue weighted by Gasteiger charge is 2.32. The summed E-state index contributed by atoms with van der Waals surface area (Å²) < 4.78 is 0. The monoisotopic (exact) mass is 659 g/mol. The first-order valence-corrected chi connectivity index (χ1v) is 15.0. The summed E-state index contributed by atoms with van der Waals surface area (Å²) in [7, 11) is 0. The zero-order valence-corrected chi connectivity index (χ0v) is 26.0. The second kappa shape index (κ2) is 22.9. The molecule has 15 N–H and O–H groups in total. The van der Waals surface area contributed by atoms with Crippen LogP contribution < -0.4 is 44.2 Å². The number of carbonyl (C=O) groups is 7. The fraction of sp³-hybridized carbons (Fsp3) is 0.704. The molecular formula is C27H49N9O10. The number of nitrogens with one attached hydrogen (secondary N) is 4. The van der Waals surface area contributed by atoms with Crippen LogP contribution in [0.25, 0.3) is 0 Å². The Morgan fingerprint density at radius 2 is 1.13 bits per heavy atom. The maximum atomic E-state index is 13.4. The molecular weight excluding hydrogens is 610 g/mol. The number of aliphatic imine (C=N–C) groups is 1. The van der Waals surface area contributed by atoms with Gasteiger partial charge in [-0.2, -0.15) is 0 Å². The van der Waals surface area contributed by atoms with Crippen LogP contribution in [0.4, 0.5) is 0 Å². The predicted octanol–water partition coefficient (Wildman–Crippen LogP) is -2.95. The van der Waals surface area contributed by atoms with E-state index in [0.29, 0.717) is 25.7 Å². The van der Waals surface area contributed by atoms with E-state index in [4.69, 9.17) is 28.0 Å². The van der Waals surface area contributed by atoms with E-state index < -0.39 is 84.6 Å². The molecule has 46 heavy (non-hydrogen) atoms. The zero-order chi connectivity index (χ0) is 35.2. The average Bonchev–Trinajstić information content (AvgIpc) is 2.97. The van der Waals surface area contributed by atoms with Gasteiger partial charge in [0.05, 0.1) is 12.5 Å². The second-order valence-corrected chi connectivity index (χ2v) is 10.6. The van der Waals surface area contributed by atoms with Gasteiger partial charge in [-0.15, -0.1) is 0 Å². The van der Waals surface area contributed by atoms with Crippen LogP contribution in [0.2, 0.25) is 0 Å². The Kier molecular flexibility index (Phi) is 20.7. The van der Waals surface area contributed by atoms with Crippen molar-refractivity contribution in [1.29, 1.82) is 0 Å². The molecule has 0 saturated carbocycles. The van der Waals surface area contributed by atoms with Crippen LogP contribution in [0.3, 0.4) is 0 Å². The van der Waals surface area contributed by atoms with Crippen molar-refractivity contribution in [3.05, 3.63) is 0 Å². The molecule has 19 nitrogen and oxygen atoms in total. The minimum absolute atomic E-state index is 0.0169. The lowest BCUT2D eigenvalue weighted by Gasteiger charge is -2.26. The third-order valence-electron chi connectivity index (χ3n) is 6.63. The number of carboxylic acids is 3. The lowest BCUT2D eigenvalue weighted by Crippen LogP contribution is -2.58. The average molecular weight is 660 g/mol. The molecule has 0 aliphatic heterocycles. The number of hydrogen-bond donors (Lipinski definition) is 11. The van der Waals surface area contributed by atoms with Gasteiger partial charge in [0.2, 0.25) is 23.6 Å². The van der Waals surface area contributed by atoms with Crippen molar-refractivity contribution < 1.29 is 48.9 Å². The fourth-order valence-electron chi connectivity index (χ4n) is 4.11. The first-order chi connectivity index (χ1) is 21.6. The van der Waals surface area contributed by atoms with E-state index in [1.807, 2.05) is 6.92 Å². The summed E-state index contributed by atoms with van der Waals surface area (Å²) in [6, 6.07) is -6.76. The molecule has 0 aromatic heterocycles. The van der Waals surface area contributed by atoms with E-state index in [9.17, 15) is 43.8 Å². The lowest BCUT2D eigenvalue weighted by atomic mass is 10.0. The number of carbonyl (C=O) groups excluding carboxylic acids is 4. The van der Waals surface area contributed by atoms with Gasteiger partial charge in [0.25, 0.3) is 0 Å². The van der Waals surface area contributed by atoms with Crippen molar-refractivity contribution >= 4 is 47.5 Å². The summed E-state index contributed by atoms with van der Waals surface area (Å²) in [5.41, 5.74) is 21.7. The maximum absolute atomic E-state index is 13.4. The molecule has 4 amide bonds. The van der Waals surface area contributed by atoms with Gasteiger partial charge in [-0.25, -0.2) is 4.79 Å². The number of hydrogen-bond acceptors (Lipinski definition) is 10. The van der Waals surface area contributed by atoms with Gasteiger partial charge in [-0.05, 0) is 51.5 Å². The molecule has 0 rings (SSSR count). The number of nitrogens with two attached hydrogens (primary N) is 4. The smallest absolute Gasteiger partial charge is 0.326 e. The molecule has 0 fully saturated rings. The number of rotatable bonds is 25. The van der Waals surface area contributed by atoms with Gasteiger partial charge < -0.3 is 59.5 Å². The SMILES string of the molecule is CCCC[C@H](NC(=O)[C@H](CCC(=O)O)NC(=O)[C@H](CCCCN)NC(=O)[C@@H](N)CC(=O)O)C(=O)N[C@@H](CCCN=C(N)N)C(=O)O. The number of aliphatic carboxylic acids is 3. The van der Waals surface area contributed by atoms with Gasteiger partial charge >= 0.3 is 17.9 Å². The van der Waals surface area contributed by atoms with Gasteiger partial charge in [0, 0.05) is 13.0 Å². The van der Waals surface area contributed by atoms with E-state index in [0.717, 1.165) is 0 Å². The fourth-order valence-corrected chi connectivity index (χ4v) is 4.11. The third-order valence-corrected chi connectivity index (χ3v) is 6.63. The summed E-state index contributed by atoms with van der Waals surface area (Å²) in [6.07, 6.45) is 0.643. The van der Waals surface area contributed by atoms with E-state index in [-0.39, 0.29) is 51.2 Å². The number of unbranched alkanes of at least 4 members (excludes halogenated alkanes) is 2. The largest absolute Gasteiger partial charge is 0.481 e. The van der Waals surface area contributed by atoms with Crippen molar-refractivity contribution in [3.63, 3.8) is 0 Å². The highest BCUT2D eigenvalue weighted by atomic mass is 16.4. The van der Waals surface area contributed by atoms with Crippen molar-refractivity contribution in [1.82, 2.24) is 21.3 Å². The zero-order valence-electron chi connectivity index (χ0n) is 26.0. The van der Waals surface area contributed by atoms with Crippen LogP contribution in [0, 0.1) is 0 Å². The van der Waals surface area contributed by atoms with Gasteiger partial charge in [0.15, 0.2) is 5.96 Å². The molecule has 0 radical (unpaired) electrons. The number of nitrogens with zero attached hydrogens (tertiary/aromatic N) is 1. The quantitative estimate of drug-likeness (QED) is 0.0265. The Labute approximate surface area is 266 Å². The Hall–Kier alpha value is -4.52. The van der Waals surface area contributed by atoms with Crippen molar-refractivity contribution in [2.75, 3.05) is 13.1 Å². The summed E-state index contributed by atoms with van der Waals surface area (Å²) >= 11 is 0. The molecule has 5 atom stereocenters. The van der Waals surface area contributed by atoms with Crippen LogP contribution in [0.15, 0.2) is 4.99 Å². The maximum Gasteiger partial charge on any atom is 0.326 e. The minimum Gasteiger partial charge on any atom is -0.481 e. The molecule has 0 unspecified atom stereocenters. The Morgan fingerprint density at radius 1 is 0.652 bits per heavy atom. The van der Waals surface area contributed by atoms with E-state index in [1.54, 1.807) is 0 Å². The lowest BCUT2D eigenvalue weighted by molar-refractivity contribution is -0.142. The molecule has 0 heterocycles. The predicted molar refractivity (Wildman–Crippen MR) is 165 cm³/mol. The van der Waals surface area contributed by atoms with Crippen LogP contribution >= 0.6 is 0 Å². The van der Waals surface area contributed by atoms with Crippen LogP contribution in [-0.2, 0) is 33.6 Å². The van der Waals surface area contributed by atoms with Crippen LogP contribution in [-0.4, -0.2) is 106 Å². The standard InChI is InChI=1S/C27H49N9O10/c1-2-3-7-16(24(43)36-19(26(45)46)9-6-13-32-27(30)31)34-25(44)18(10-11-20(37)38)35-23(42)17(8-4-5-12-28)33-22(41)15(29)14-21(39)40/h15-19H,2-14,28-29H2,1H3,(H,33,41)(H,34,44)(H,35,42)(H,36,43)(H,37,38)(H,39,40)(H,45,46)(H4,30,31,32)/t15-,16-,17-,18-,19-/m0/s1. The van der Waals surface area contributed by atoms with Gasteiger partial charge in [-0.3, -0.25) is 33.8 Å². The number of carboxylic acid groups (broad SMARTS) is 3. The second-order valence-electron chi connectivity index (χ2n) is 10.6. The van der Waals surface area contributed by atoms with Gasteiger partial charge in [0.1, 0.15) is 24.2 Å². The van der Waals surface area contributed by atoms with Gasteiger partial charge in [-0.1, -0.05) is 19.8 Å². The summed E-state index contributed by atoms with van der Waals surface area (Å²) in [5, 5.41) is 37.4. The highest BCUT2D eigenvalue weighted by Crippen LogP contribution is 2.08. The van der Waals surface area contributed by atoms with Crippen molar-refractivity contribution in [3.8, 4) is 0 Å². The normalized spacial score (nSPS) is 14.0. The molecule has 262 valence electrons. The van der Waals surface area contributed by atoms with Crippen LogP contribution in [0.1, 0.15) is 77.6 Å². The Balaban J connectivity index is 5.91. The molecule has 0 saturated heterocycles. The molecule has 19 heteroatoms. The Morgan fingerprint density at radius 3 is 1.59 bits per heavy atom. The third kappa shape index (κ3) is 18.3. The molecule has 0 spiro atoms. The Bertz CT molecular complexity index is 1070. The molecule has 0 aliphatic rings. The first-order valence-electron chi connectivity index (χ1n) is 15.0. The van der Waals surface area contributed by atoms with Crippen molar-refractivity contribution in [2.45, 2.75) is 108 Å². The van der Waals surface area contributed by atoms with E-state index in [2.05, 4.69) is 26.3 Å². The highest BCUT2D eigenvalue weighted by molar-refractivity contribution is 5.96. The molecule has 0 aromatic rings. The summed E-state index contributed by atoms with van der Waals surface area (Å²) in [4.78, 5) is 90.0. The van der Waals surface area contributed by atoms with E-state index in [1.165, 1.54) is 0 Å². The van der Waals surface area contributed by atoms with Crippen molar-refractivity contribution in [2.24, 2.45) is 27.9 Å². The minimum atomic E-state index is -1.48. The molecule has 0 bridgehead atoms.